The van der Waals surface area contributed by atoms with Crippen molar-refractivity contribution in [1.82, 2.24) is 15.2 Å². The summed E-state index contributed by atoms with van der Waals surface area (Å²) in [5.74, 6) is -0.792. The molecule has 1 amide bonds. The fourth-order valence-electron chi connectivity index (χ4n) is 3.05. The van der Waals surface area contributed by atoms with Gasteiger partial charge in [-0.1, -0.05) is 12.1 Å². The number of fused-ring (bicyclic) bond motifs is 3. The third kappa shape index (κ3) is 2.32. The van der Waals surface area contributed by atoms with Crippen LogP contribution in [0.5, 0.6) is 0 Å². The van der Waals surface area contributed by atoms with Gasteiger partial charge in [0.15, 0.2) is 0 Å². The Labute approximate surface area is 131 Å². The number of H-pyrrole nitrogens is 2. The van der Waals surface area contributed by atoms with Gasteiger partial charge in [0, 0.05) is 17.5 Å². The zero-order valence-electron chi connectivity index (χ0n) is 12.3. The molecule has 2 heterocycles. The van der Waals surface area contributed by atoms with Crippen LogP contribution in [0.1, 0.15) is 28.0 Å². The summed E-state index contributed by atoms with van der Waals surface area (Å²) in [7, 11) is 0. The lowest BCUT2D eigenvalue weighted by atomic mass is 10.0. The number of para-hydroxylation sites is 1. The molecular weight excluding hydrogens is 295 g/mol. The summed E-state index contributed by atoms with van der Waals surface area (Å²) >= 11 is 0. The highest BCUT2D eigenvalue weighted by Gasteiger charge is 2.24. The molecule has 0 bridgehead atoms. The minimum atomic E-state index is -0.454. The van der Waals surface area contributed by atoms with Crippen LogP contribution in [0.4, 0.5) is 10.1 Å². The monoisotopic (exact) mass is 310 g/mol. The van der Waals surface area contributed by atoms with Crippen LogP contribution in [0.3, 0.4) is 0 Å². The van der Waals surface area contributed by atoms with Crippen LogP contribution in [0, 0.1) is 5.82 Å². The lowest BCUT2D eigenvalue weighted by molar-refractivity contribution is 0.102. The van der Waals surface area contributed by atoms with Crippen LogP contribution in [0.15, 0.2) is 36.7 Å². The van der Waals surface area contributed by atoms with E-state index < -0.39 is 5.82 Å². The number of anilines is 1. The second-order valence-electron chi connectivity index (χ2n) is 5.61. The fraction of sp³-hybridized carbons (Fsp3) is 0.176. The highest BCUT2D eigenvalue weighted by molar-refractivity contribution is 6.09. The minimum absolute atomic E-state index is 0.172. The first-order valence-electron chi connectivity index (χ1n) is 7.53. The highest BCUT2D eigenvalue weighted by atomic mass is 19.1. The van der Waals surface area contributed by atoms with Gasteiger partial charge in [-0.05, 0) is 37.0 Å². The smallest absolute Gasteiger partial charge is 0.257 e. The zero-order valence-corrected chi connectivity index (χ0v) is 12.3. The first-order chi connectivity index (χ1) is 11.2. The van der Waals surface area contributed by atoms with Gasteiger partial charge in [0.2, 0.25) is 0 Å². The molecule has 0 fully saturated rings. The first-order valence-corrected chi connectivity index (χ1v) is 7.53. The van der Waals surface area contributed by atoms with Crippen LogP contribution < -0.4 is 5.32 Å². The van der Waals surface area contributed by atoms with Crippen molar-refractivity contribution in [2.45, 2.75) is 19.3 Å². The normalized spacial score (nSPS) is 13.1. The van der Waals surface area contributed by atoms with Crippen LogP contribution in [0.2, 0.25) is 0 Å². The van der Waals surface area contributed by atoms with Crippen LogP contribution in [-0.4, -0.2) is 21.1 Å². The van der Waals surface area contributed by atoms with Crippen LogP contribution >= 0.6 is 0 Å². The number of carbonyl (C=O) groups is 1. The zero-order chi connectivity index (χ0) is 15.8. The van der Waals surface area contributed by atoms with Gasteiger partial charge in [-0.15, -0.1) is 0 Å². The fourth-order valence-corrected chi connectivity index (χ4v) is 3.05. The Bertz CT molecular complexity index is 880. The Morgan fingerprint density at radius 2 is 2.13 bits per heavy atom. The predicted molar refractivity (Wildman–Crippen MR) is 84.8 cm³/mol. The van der Waals surface area contributed by atoms with Crippen molar-refractivity contribution in [2.24, 2.45) is 0 Å². The number of carbonyl (C=O) groups excluding carboxylic acids is 1. The lowest BCUT2D eigenvalue weighted by Gasteiger charge is -2.07. The van der Waals surface area contributed by atoms with Crippen molar-refractivity contribution in [3.8, 4) is 11.3 Å². The van der Waals surface area contributed by atoms with E-state index in [1.54, 1.807) is 30.6 Å². The SMILES string of the molecule is O=C(Nc1ccccc1F)c1c[nH]c2c1-c1[nH]ncc1CCC2. The molecule has 23 heavy (non-hydrogen) atoms. The van der Waals surface area contributed by atoms with E-state index in [1.807, 2.05) is 0 Å². The highest BCUT2D eigenvalue weighted by Crippen LogP contribution is 2.33. The predicted octanol–water partition coefficient (Wildman–Crippen LogP) is 3.28. The molecule has 4 rings (SSSR count). The van der Waals surface area contributed by atoms with Gasteiger partial charge < -0.3 is 10.3 Å². The van der Waals surface area contributed by atoms with E-state index >= 15 is 0 Å². The Balaban J connectivity index is 1.74. The van der Waals surface area contributed by atoms with Gasteiger partial charge in [-0.2, -0.15) is 5.10 Å². The number of halogens is 1. The molecular formula is C17H15FN4O. The first kappa shape index (κ1) is 13.8. The molecule has 3 N–H and O–H groups in total. The Morgan fingerprint density at radius 3 is 3.00 bits per heavy atom. The van der Waals surface area contributed by atoms with E-state index in [1.165, 1.54) is 6.07 Å². The number of aryl methyl sites for hydroxylation is 2. The molecule has 0 saturated heterocycles. The molecule has 2 aromatic heterocycles. The maximum Gasteiger partial charge on any atom is 0.257 e. The van der Waals surface area contributed by atoms with E-state index in [9.17, 15) is 9.18 Å². The summed E-state index contributed by atoms with van der Waals surface area (Å²) in [4.78, 5) is 15.8. The number of amides is 1. The van der Waals surface area contributed by atoms with E-state index in [-0.39, 0.29) is 11.6 Å². The third-order valence-electron chi connectivity index (χ3n) is 4.17. The van der Waals surface area contributed by atoms with Gasteiger partial charge >= 0.3 is 0 Å². The Kier molecular flexibility index (Phi) is 3.22. The largest absolute Gasteiger partial charge is 0.364 e. The number of benzene rings is 1. The molecule has 5 nitrogen and oxygen atoms in total. The maximum absolute atomic E-state index is 13.7. The number of nitrogens with zero attached hydrogens (tertiary/aromatic N) is 1. The van der Waals surface area contributed by atoms with E-state index in [4.69, 9.17) is 0 Å². The van der Waals surface area contributed by atoms with Crippen LogP contribution in [-0.2, 0) is 12.8 Å². The summed E-state index contributed by atoms with van der Waals surface area (Å²) in [6, 6.07) is 6.13. The molecule has 0 radical (unpaired) electrons. The molecule has 1 aliphatic rings. The van der Waals surface area contributed by atoms with E-state index in [2.05, 4.69) is 20.5 Å². The van der Waals surface area contributed by atoms with Gasteiger partial charge in [0.25, 0.3) is 5.91 Å². The molecule has 3 aromatic rings. The molecule has 0 aliphatic heterocycles. The Hall–Kier alpha value is -2.89. The second kappa shape index (κ2) is 5.39. The van der Waals surface area contributed by atoms with Crippen molar-refractivity contribution in [3.05, 3.63) is 59.3 Å². The van der Waals surface area contributed by atoms with Crippen LogP contribution in [0.25, 0.3) is 11.3 Å². The van der Waals surface area contributed by atoms with E-state index in [0.717, 1.165) is 41.8 Å². The summed E-state index contributed by atoms with van der Waals surface area (Å²) in [6.07, 6.45) is 6.26. The standard InChI is InChI=1S/C17H15FN4O/c18-12-5-1-2-6-13(12)21-17(23)11-9-19-14-7-3-4-10-8-20-22-16(10)15(11)14/h1-2,5-6,8-9,19H,3-4,7H2,(H,20,22)(H,21,23). The molecule has 0 spiro atoms. The topological polar surface area (TPSA) is 73.6 Å². The number of hydrogen-bond donors (Lipinski definition) is 3. The average molecular weight is 310 g/mol. The van der Waals surface area contributed by atoms with Crippen molar-refractivity contribution in [1.29, 1.82) is 0 Å². The third-order valence-corrected chi connectivity index (χ3v) is 4.17. The lowest BCUT2D eigenvalue weighted by Crippen LogP contribution is -2.13. The van der Waals surface area contributed by atoms with Crippen molar-refractivity contribution < 1.29 is 9.18 Å². The number of aromatic nitrogens is 3. The molecule has 0 atom stereocenters. The molecule has 1 aromatic carbocycles. The van der Waals surface area contributed by atoms with Crippen molar-refractivity contribution >= 4 is 11.6 Å². The van der Waals surface area contributed by atoms with Gasteiger partial charge in [-0.25, -0.2) is 4.39 Å². The molecule has 0 saturated carbocycles. The second-order valence-corrected chi connectivity index (χ2v) is 5.61. The Morgan fingerprint density at radius 1 is 1.26 bits per heavy atom. The molecule has 1 aliphatic carbocycles. The number of nitrogens with one attached hydrogen (secondary N) is 3. The maximum atomic E-state index is 13.7. The number of aromatic amines is 2. The number of rotatable bonds is 2. The van der Waals surface area contributed by atoms with Crippen molar-refractivity contribution in [2.75, 3.05) is 5.32 Å². The molecule has 6 heteroatoms. The minimum Gasteiger partial charge on any atom is -0.364 e. The van der Waals surface area contributed by atoms with E-state index in [0.29, 0.717) is 5.56 Å². The number of hydrogen-bond acceptors (Lipinski definition) is 2. The van der Waals surface area contributed by atoms with Gasteiger partial charge in [0.1, 0.15) is 5.82 Å². The summed E-state index contributed by atoms with van der Waals surface area (Å²) in [6.45, 7) is 0. The molecule has 0 unspecified atom stereocenters. The summed E-state index contributed by atoms with van der Waals surface area (Å²) in [5.41, 5.74) is 4.48. The van der Waals surface area contributed by atoms with Crippen molar-refractivity contribution in [3.63, 3.8) is 0 Å². The average Bonchev–Trinajstić information content (AvgIpc) is 3.13. The van der Waals surface area contributed by atoms with Gasteiger partial charge in [0.05, 0.1) is 23.1 Å². The van der Waals surface area contributed by atoms with Gasteiger partial charge in [-0.3, -0.25) is 9.89 Å². The summed E-state index contributed by atoms with van der Waals surface area (Å²) < 4.78 is 13.7. The molecule has 116 valence electrons. The quantitative estimate of drug-likeness (QED) is 0.679. The summed E-state index contributed by atoms with van der Waals surface area (Å²) in [5, 5.41) is 9.72.